The van der Waals surface area contributed by atoms with Gasteiger partial charge in [-0.3, -0.25) is 9.59 Å². The van der Waals surface area contributed by atoms with Crippen molar-refractivity contribution in [1.29, 1.82) is 0 Å². The molecule has 0 saturated carbocycles. The molecule has 2 amide bonds. The van der Waals surface area contributed by atoms with Crippen LogP contribution in [0.1, 0.15) is 33.9 Å². The van der Waals surface area contributed by atoms with Crippen LogP contribution in [-0.2, 0) is 4.79 Å². The van der Waals surface area contributed by atoms with Gasteiger partial charge in [-0.05, 0) is 42.3 Å². The summed E-state index contributed by atoms with van der Waals surface area (Å²) in [5.74, 6) is -0.0958. The minimum absolute atomic E-state index is 0.0653. The number of carbonyl (C=O) groups excluding carboxylic acids is 2. The molecule has 6 heteroatoms. The first-order valence-corrected chi connectivity index (χ1v) is 9.23. The zero-order valence-corrected chi connectivity index (χ0v) is 16.1. The molecule has 3 rings (SSSR count). The number of amides is 2. The fourth-order valence-electron chi connectivity index (χ4n) is 2.80. The van der Waals surface area contributed by atoms with Crippen molar-refractivity contribution in [2.45, 2.75) is 19.4 Å². The number of benzene rings is 2. The molecule has 5 nitrogen and oxygen atoms in total. The number of aryl methyl sites for hydroxylation is 1. The summed E-state index contributed by atoms with van der Waals surface area (Å²) in [6, 6.07) is 19.3. The average molecular weight is 394 g/mol. The number of nitrogens with zero attached hydrogens (tertiary/aromatic N) is 1. The summed E-state index contributed by atoms with van der Waals surface area (Å²) in [7, 11) is 0. The van der Waals surface area contributed by atoms with Crippen LogP contribution in [0.15, 0.2) is 72.9 Å². The van der Waals surface area contributed by atoms with Crippen molar-refractivity contribution in [3.05, 3.63) is 94.6 Å². The Labute approximate surface area is 168 Å². The zero-order chi connectivity index (χ0) is 19.9. The van der Waals surface area contributed by atoms with E-state index < -0.39 is 6.04 Å². The Morgan fingerprint density at radius 2 is 1.75 bits per heavy atom. The fraction of sp³-hybridized carbons (Fsp3) is 0.136. The highest BCUT2D eigenvalue weighted by Crippen LogP contribution is 2.21. The maximum absolute atomic E-state index is 12.7. The van der Waals surface area contributed by atoms with Gasteiger partial charge in [-0.25, -0.2) is 4.98 Å². The summed E-state index contributed by atoms with van der Waals surface area (Å²) in [5.41, 5.74) is 2.19. The number of aromatic nitrogens is 1. The molecular weight excluding hydrogens is 374 g/mol. The Morgan fingerprint density at radius 1 is 1.04 bits per heavy atom. The molecule has 0 aliphatic carbocycles. The topological polar surface area (TPSA) is 71.1 Å². The van der Waals surface area contributed by atoms with Crippen LogP contribution in [0, 0.1) is 6.92 Å². The molecule has 1 aromatic heterocycles. The van der Waals surface area contributed by atoms with Crippen LogP contribution in [0.2, 0.25) is 5.02 Å². The number of carbonyl (C=O) groups is 2. The first-order chi connectivity index (χ1) is 13.5. The number of hydrogen-bond acceptors (Lipinski definition) is 3. The van der Waals surface area contributed by atoms with Crippen LogP contribution in [0.4, 0.5) is 5.82 Å². The first kappa shape index (κ1) is 19.6. The third-order valence-electron chi connectivity index (χ3n) is 4.20. The molecule has 0 fully saturated rings. The van der Waals surface area contributed by atoms with E-state index in [1.807, 2.05) is 43.3 Å². The molecule has 0 bridgehead atoms. The van der Waals surface area contributed by atoms with Crippen molar-refractivity contribution in [3.8, 4) is 0 Å². The van der Waals surface area contributed by atoms with Gasteiger partial charge in [-0.15, -0.1) is 0 Å². The predicted octanol–water partition coefficient (Wildman–Crippen LogP) is 4.54. The van der Waals surface area contributed by atoms with Gasteiger partial charge < -0.3 is 10.6 Å². The number of hydrogen-bond donors (Lipinski definition) is 2. The van der Waals surface area contributed by atoms with Gasteiger partial charge in [0.05, 0.1) is 23.0 Å². The zero-order valence-electron chi connectivity index (χ0n) is 15.4. The van der Waals surface area contributed by atoms with Crippen LogP contribution in [0.3, 0.4) is 0 Å². The lowest BCUT2D eigenvalue weighted by molar-refractivity contribution is -0.116. The molecule has 2 aromatic carbocycles. The SMILES string of the molecule is Cc1ccnc(NC(=O)C[C@@H](NC(=O)c2ccccc2Cl)c2ccccc2)c1. The van der Waals surface area contributed by atoms with Gasteiger partial charge in [0.25, 0.3) is 5.91 Å². The van der Waals surface area contributed by atoms with Crippen molar-refractivity contribution < 1.29 is 9.59 Å². The Morgan fingerprint density at radius 3 is 2.46 bits per heavy atom. The van der Waals surface area contributed by atoms with Crippen molar-refractivity contribution in [2.75, 3.05) is 5.32 Å². The van der Waals surface area contributed by atoms with E-state index in [-0.39, 0.29) is 18.2 Å². The molecule has 0 saturated heterocycles. The molecule has 1 atom stereocenters. The molecule has 142 valence electrons. The lowest BCUT2D eigenvalue weighted by atomic mass is 10.0. The van der Waals surface area contributed by atoms with Gasteiger partial charge >= 0.3 is 0 Å². The van der Waals surface area contributed by atoms with Gasteiger partial charge in [0.2, 0.25) is 5.91 Å². The summed E-state index contributed by atoms with van der Waals surface area (Å²) < 4.78 is 0. The van der Waals surface area contributed by atoms with E-state index in [1.54, 1.807) is 36.5 Å². The molecular formula is C22H20ClN3O2. The molecule has 1 heterocycles. The average Bonchev–Trinajstić information content (AvgIpc) is 2.68. The molecule has 0 radical (unpaired) electrons. The standard InChI is InChI=1S/C22H20ClN3O2/c1-15-11-12-24-20(13-15)26-21(27)14-19(16-7-3-2-4-8-16)25-22(28)17-9-5-6-10-18(17)23/h2-13,19H,14H2,1H3,(H,25,28)(H,24,26,27)/t19-/m1/s1. The van der Waals surface area contributed by atoms with E-state index in [4.69, 9.17) is 11.6 Å². The molecule has 3 aromatic rings. The van der Waals surface area contributed by atoms with Crippen molar-refractivity contribution in [3.63, 3.8) is 0 Å². The van der Waals surface area contributed by atoms with Gasteiger partial charge in [0.1, 0.15) is 5.82 Å². The van der Waals surface area contributed by atoms with E-state index >= 15 is 0 Å². The Balaban J connectivity index is 1.77. The first-order valence-electron chi connectivity index (χ1n) is 8.86. The molecule has 0 spiro atoms. The van der Waals surface area contributed by atoms with E-state index in [0.717, 1.165) is 11.1 Å². The van der Waals surface area contributed by atoms with E-state index in [9.17, 15) is 9.59 Å². The summed E-state index contributed by atoms with van der Waals surface area (Å²) in [6.45, 7) is 1.92. The second-order valence-electron chi connectivity index (χ2n) is 6.39. The van der Waals surface area contributed by atoms with E-state index in [0.29, 0.717) is 16.4 Å². The Hall–Kier alpha value is -3.18. The van der Waals surface area contributed by atoms with Crippen LogP contribution >= 0.6 is 11.6 Å². The van der Waals surface area contributed by atoms with Crippen LogP contribution in [0.5, 0.6) is 0 Å². The molecule has 0 unspecified atom stereocenters. The van der Waals surface area contributed by atoms with Gasteiger partial charge in [0, 0.05) is 6.20 Å². The van der Waals surface area contributed by atoms with Crippen LogP contribution in [-0.4, -0.2) is 16.8 Å². The minimum Gasteiger partial charge on any atom is -0.345 e. The molecule has 0 aliphatic heterocycles. The third kappa shape index (κ3) is 5.18. The number of halogens is 1. The normalized spacial score (nSPS) is 11.5. The van der Waals surface area contributed by atoms with Gasteiger partial charge in [0.15, 0.2) is 0 Å². The van der Waals surface area contributed by atoms with Crippen molar-refractivity contribution in [2.24, 2.45) is 0 Å². The van der Waals surface area contributed by atoms with Crippen molar-refractivity contribution >= 4 is 29.2 Å². The number of rotatable bonds is 6. The molecule has 2 N–H and O–H groups in total. The lowest BCUT2D eigenvalue weighted by Crippen LogP contribution is -2.31. The Kier molecular flexibility index (Phi) is 6.40. The second-order valence-corrected chi connectivity index (χ2v) is 6.79. The summed E-state index contributed by atoms with van der Waals surface area (Å²) in [4.78, 5) is 29.4. The maximum Gasteiger partial charge on any atom is 0.253 e. The van der Waals surface area contributed by atoms with E-state index in [2.05, 4.69) is 15.6 Å². The number of anilines is 1. The van der Waals surface area contributed by atoms with Crippen LogP contribution in [0.25, 0.3) is 0 Å². The molecule has 0 aliphatic rings. The highest BCUT2D eigenvalue weighted by molar-refractivity contribution is 6.33. The summed E-state index contributed by atoms with van der Waals surface area (Å²) in [5, 5.41) is 6.06. The quantitative estimate of drug-likeness (QED) is 0.645. The summed E-state index contributed by atoms with van der Waals surface area (Å²) >= 11 is 6.13. The van der Waals surface area contributed by atoms with E-state index in [1.165, 1.54) is 0 Å². The second kappa shape index (κ2) is 9.15. The van der Waals surface area contributed by atoms with Crippen molar-refractivity contribution in [1.82, 2.24) is 10.3 Å². The highest BCUT2D eigenvalue weighted by atomic mass is 35.5. The lowest BCUT2D eigenvalue weighted by Gasteiger charge is -2.19. The largest absolute Gasteiger partial charge is 0.345 e. The number of nitrogens with one attached hydrogen (secondary N) is 2. The number of pyridine rings is 1. The monoisotopic (exact) mass is 393 g/mol. The fourth-order valence-corrected chi connectivity index (χ4v) is 3.02. The molecule has 28 heavy (non-hydrogen) atoms. The predicted molar refractivity (Wildman–Crippen MR) is 110 cm³/mol. The van der Waals surface area contributed by atoms with Crippen LogP contribution < -0.4 is 10.6 Å². The highest BCUT2D eigenvalue weighted by Gasteiger charge is 2.20. The Bertz CT molecular complexity index is 976. The van der Waals surface area contributed by atoms with Gasteiger partial charge in [-0.1, -0.05) is 54.1 Å². The maximum atomic E-state index is 12.7. The third-order valence-corrected chi connectivity index (χ3v) is 4.53. The smallest absolute Gasteiger partial charge is 0.253 e. The van der Waals surface area contributed by atoms with Gasteiger partial charge in [-0.2, -0.15) is 0 Å². The summed E-state index contributed by atoms with van der Waals surface area (Å²) in [6.07, 6.45) is 1.70. The minimum atomic E-state index is -0.505.